The molecule has 5 rings (SSSR count). The summed E-state index contributed by atoms with van der Waals surface area (Å²) in [5, 5.41) is 13.7. The number of carbonyl (C=O) groups excluding carboxylic acids is 2. The Balaban J connectivity index is 1.32. The number of nitrogens with one attached hydrogen (secondary N) is 1. The number of carboxylic acids is 1. The van der Waals surface area contributed by atoms with E-state index in [9.17, 15) is 19.5 Å². The van der Waals surface area contributed by atoms with Gasteiger partial charge in [-0.25, -0.2) is 4.79 Å². The Hall–Kier alpha value is -6.09. The van der Waals surface area contributed by atoms with E-state index >= 15 is 0 Å². The molecule has 0 aliphatic rings. The number of carbonyl (C=O) groups is 3. The van der Waals surface area contributed by atoms with Crippen LogP contribution in [0, 0.1) is 0 Å². The van der Waals surface area contributed by atoms with Gasteiger partial charge < -0.3 is 24.9 Å². The van der Waals surface area contributed by atoms with Crippen LogP contribution in [0.1, 0.15) is 87.1 Å². The summed E-state index contributed by atoms with van der Waals surface area (Å²) in [6.07, 6.45) is 12.4. The summed E-state index contributed by atoms with van der Waals surface area (Å²) in [6, 6.07) is 39.9. The third-order valence-electron chi connectivity index (χ3n) is 9.20. The molecule has 0 heterocycles. The maximum atomic E-state index is 13.2. The number of nitrogens with zero attached hydrogens (tertiary/aromatic N) is 2. The SMILES string of the molecule is CCCCCCCCCCCCNC(=O)c1ccc(CN(c2ccc(Oc3ccccc3)cc2)c2ccccc2N(Oc2ccccc2)C(=O)C(=O)O)cc1. The molecule has 5 aromatic rings. The van der Waals surface area contributed by atoms with E-state index in [1.54, 1.807) is 48.5 Å². The first-order valence-electron chi connectivity index (χ1n) is 19.3. The Labute approximate surface area is 324 Å². The Morgan fingerprint density at radius 3 is 1.71 bits per heavy atom. The molecule has 9 heteroatoms. The molecule has 0 unspecified atom stereocenters. The number of aliphatic carboxylic acids is 1. The molecule has 0 fully saturated rings. The number of unbranched alkanes of at least 4 members (excludes halogenated alkanes) is 9. The van der Waals surface area contributed by atoms with Gasteiger partial charge in [0.2, 0.25) is 0 Å². The average Bonchev–Trinajstić information content (AvgIpc) is 3.22. The standard InChI is InChI=1S/C46H51N3O6/c1-2-3-4-5-6-7-8-9-10-19-34-47-44(50)37-28-26-36(27-29-37)35-48(38-30-32-40(33-31-38)54-39-20-13-11-14-21-39)42-24-17-18-25-43(42)49(45(51)46(52)53)55-41-22-15-12-16-23-41/h11-18,20-33H,2-10,19,34-35H2,1H3,(H,47,50)(H,52,53). The van der Waals surface area contributed by atoms with Gasteiger partial charge in [-0.2, -0.15) is 0 Å². The zero-order valence-electron chi connectivity index (χ0n) is 31.6. The number of benzene rings is 5. The van der Waals surface area contributed by atoms with E-state index in [4.69, 9.17) is 9.57 Å². The quantitative estimate of drug-likeness (QED) is 0.0438. The highest BCUT2D eigenvalue weighted by Gasteiger charge is 2.29. The van der Waals surface area contributed by atoms with Crippen LogP contribution in [0.5, 0.6) is 17.2 Å². The van der Waals surface area contributed by atoms with Crippen molar-refractivity contribution in [2.24, 2.45) is 0 Å². The summed E-state index contributed by atoms with van der Waals surface area (Å²) in [4.78, 5) is 46.1. The van der Waals surface area contributed by atoms with Crippen molar-refractivity contribution in [1.29, 1.82) is 0 Å². The molecule has 9 nitrogen and oxygen atoms in total. The minimum atomic E-state index is -1.67. The molecule has 0 aliphatic heterocycles. The summed E-state index contributed by atoms with van der Waals surface area (Å²) < 4.78 is 6.04. The lowest BCUT2D eigenvalue weighted by molar-refractivity contribution is -0.150. The molecule has 0 saturated heterocycles. The van der Waals surface area contributed by atoms with Crippen LogP contribution >= 0.6 is 0 Å². The molecule has 286 valence electrons. The van der Waals surface area contributed by atoms with Crippen molar-refractivity contribution in [3.63, 3.8) is 0 Å². The summed E-state index contributed by atoms with van der Waals surface area (Å²) >= 11 is 0. The fraction of sp³-hybridized carbons (Fsp3) is 0.283. The molecule has 5 aromatic carbocycles. The van der Waals surface area contributed by atoms with Gasteiger partial charge in [-0.15, -0.1) is 5.06 Å². The number of para-hydroxylation sites is 4. The molecule has 0 spiro atoms. The lowest BCUT2D eigenvalue weighted by Crippen LogP contribution is -2.40. The first-order chi connectivity index (χ1) is 26.9. The van der Waals surface area contributed by atoms with Crippen molar-refractivity contribution < 1.29 is 29.1 Å². The molecule has 0 atom stereocenters. The maximum absolute atomic E-state index is 13.2. The van der Waals surface area contributed by atoms with Crippen LogP contribution in [0.4, 0.5) is 17.1 Å². The van der Waals surface area contributed by atoms with E-state index in [-0.39, 0.29) is 11.6 Å². The fourth-order valence-corrected chi connectivity index (χ4v) is 6.23. The summed E-state index contributed by atoms with van der Waals surface area (Å²) in [5.41, 5.74) is 2.94. The number of carboxylic acid groups (broad SMARTS) is 1. The van der Waals surface area contributed by atoms with Crippen LogP contribution in [-0.2, 0) is 16.1 Å². The number of anilines is 3. The zero-order valence-corrected chi connectivity index (χ0v) is 31.6. The normalized spacial score (nSPS) is 10.7. The van der Waals surface area contributed by atoms with Crippen molar-refractivity contribution in [3.8, 4) is 17.2 Å². The largest absolute Gasteiger partial charge is 0.474 e. The second kappa shape index (κ2) is 21.6. The number of rotatable bonds is 21. The van der Waals surface area contributed by atoms with Crippen LogP contribution in [0.3, 0.4) is 0 Å². The van der Waals surface area contributed by atoms with Gasteiger partial charge in [0.25, 0.3) is 5.91 Å². The van der Waals surface area contributed by atoms with Gasteiger partial charge >= 0.3 is 11.9 Å². The monoisotopic (exact) mass is 741 g/mol. The Morgan fingerprint density at radius 1 is 0.582 bits per heavy atom. The summed E-state index contributed by atoms with van der Waals surface area (Å²) in [7, 11) is 0. The second-order valence-corrected chi connectivity index (χ2v) is 13.4. The number of amides is 2. The second-order valence-electron chi connectivity index (χ2n) is 13.4. The van der Waals surface area contributed by atoms with Gasteiger partial charge in [0.05, 0.1) is 5.69 Å². The summed E-state index contributed by atoms with van der Waals surface area (Å²) in [6.45, 7) is 3.20. The van der Waals surface area contributed by atoms with Crippen molar-refractivity contribution >= 4 is 34.8 Å². The third kappa shape index (κ3) is 12.5. The molecule has 0 aliphatic carbocycles. The van der Waals surface area contributed by atoms with Gasteiger partial charge in [-0.1, -0.05) is 125 Å². The maximum Gasteiger partial charge on any atom is 0.398 e. The minimum Gasteiger partial charge on any atom is -0.474 e. The number of hydrogen-bond donors (Lipinski definition) is 2. The van der Waals surface area contributed by atoms with Crippen LogP contribution in [0.15, 0.2) is 133 Å². The number of ether oxygens (including phenoxy) is 1. The topological polar surface area (TPSA) is 108 Å². The Morgan fingerprint density at radius 2 is 1.11 bits per heavy atom. The third-order valence-corrected chi connectivity index (χ3v) is 9.20. The first-order valence-corrected chi connectivity index (χ1v) is 19.3. The molecule has 0 saturated carbocycles. The van der Waals surface area contributed by atoms with Crippen LogP contribution < -0.4 is 24.9 Å². The highest BCUT2D eigenvalue weighted by Crippen LogP contribution is 2.37. The predicted molar refractivity (Wildman–Crippen MR) is 218 cm³/mol. The predicted octanol–water partition coefficient (Wildman–Crippen LogP) is 10.9. The lowest BCUT2D eigenvalue weighted by atomic mass is 10.1. The molecule has 55 heavy (non-hydrogen) atoms. The lowest BCUT2D eigenvalue weighted by Gasteiger charge is -2.30. The van der Waals surface area contributed by atoms with Crippen LogP contribution in [0.25, 0.3) is 0 Å². The molecule has 0 bridgehead atoms. The van der Waals surface area contributed by atoms with Crippen molar-refractivity contribution in [2.75, 3.05) is 16.5 Å². The fourth-order valence-electron chi connectivity index (χ4n) is 6.23. The van der Waals surface area contributed by atoms with Crippen LogP contribution in [-0.4, -0.2) is 29.4 Å². The van der Waals surface area contributed by atoms with Crippen molar-refractivity contribution in [1.82, 2.24) is 5.32 Å². The highest BCUT2D eigenvalue weighted by molar-refractivity contribution is 6.37. The molecule has 0 aromatic heterocycles. The molecular formula is C46H51N3O6. The smallest absolute Gasteiger partial charge is 0.398 e. The van der Waals surface area contributed by atoms with Gasteiger partial charge in [-0.05, 0) is 84.8 Å². The molecular weight excluding hydrogens is 691 g/mol. The molecule has 2 amide bonds. The average molecular weight is 742 g/mol. The van der Waals surface area contributed by atoms with E-state index in [1.165, 1.54) is 51.4 Å². The Bertz CT molecular complexity index is 1920. The van der Waals surface area contributed by atoms with Gasteiger partial charge in [0.1, 0.15) is 17.2 Å². The minimum absolute atomic E-state index is 0.112. The van der Waals surface area contributed by atoms with E-state index in [0.717, 1.165) is 29.2 Å². The number of hydrogen-bond acceptors (Lipinski definition) is 6. The van der Waals surface area contributed by atoms with Gasteiger partial charge in [-0.3, -0.25) is 9.59 Å². The first kappa shape index (κ1) is 40.1. The highest BCUT2D eigenvalue weighted by atomic mass is 16.7. The molecule has 2 N–H and O–H groups in total. The van der Waals surface area contributed by atoms with Gasteiger partial charge in [0, 0.05) is 24.3 Å². The van der Waals surface area contributed by atoms with Crippen molar-refractivity contribution in [3.05, 3.63) is 145 Å². The van der Waals surface area contributed by atoms with Gasteiger partial charge in [0.15, 0.2) is 5.75 Å². The number of hydroxylamine groups is 1. The van der Waals surface area contributed by atoms with Crippen molar-refractivity contribution in [2.45, 2.75) is 77.7 Å². The zero-order chi connectivity index (χ0) is 38.7. The van der Waals surface area contributed by atoms with E-state index in [0.29, 0.717) is 41.6 Å². The van der Waals surface area contributed by atoms with E-state index in [1.807, 2.05) is 89.8 Å². The van der Waals surface area contributed by atoms with E-state index in [2.05, 4.69) is 12.2 Å². The summed E-state index contributed by atoms with van der Waals surface area (Å²) in [5.74, 6) is -1.40. The van der Waals surface area contributed by atoms with Crippen LogP contribution in [0.2, 0.25) is 0 Å². The molecule has 0 radical (unpaired) electrons. The van der Waals surface area contributed by atoms with E-state index < -0.39 is 11.9 Å². The Kier molecular flexibility index (Phi) is 15.7.